The van der Waals surface area contributed by atoms with Crippen molar-refractivity contribution in [1.82, 2.24) is 19.5 Å². The first-order valence-electron chi connectivity index (χ1n) is 6.67. The van der Waals surface area contributed by atoms with E-state index < -0.39 is 0 Å². The molecule has 3 aromatic rings. The maximum atomic E-state index is 5.41. The topological polar surface area (TPSA) is 46.5 Å². The van der Waals surface area contributed by atoms with Crippen molar-refractivity contribution in [3.8, 4) is 0 Å². The third kappa shape index (κ3) is 2.25. The summed E-state index contributed by atoms with van der Waals surface area (Å²) >= 11 is 5.41. The molecule has 0 amide bonds. The molecule has 0 saturated heterocycles. The third-order valence-corrected chi connectivity index (χ3v) is 3.74. The Hall–Kier alpha value is -2.01. The molecule has 0 atom stereocenters. The molecule has 3 heterocycles. The molecule has 3 rings (SSSR count). The highest BCUT2D eigenvalue weighted by atomic mass is 32.1. The van der Waals surface area contributed by atoms with Crippen LogP contribution in [0.15, 0.2) is 30.6 Å². The molecular weight excluding hydrogens is 268 g/mol. The Morgan fingerprint density at radius 3 is 3.00 bits per heavy atom. The lowest BCUT2D eigenvalue weighted by molar-refractivity contribution is 0.764. The molecule has 0 aliphatic carbocycles. The van der Waals surface area contributed by atoms with E-state index in [1.54, 1.807) is 0 Å². The summed E-state index contributed by atoms with van der Waals surface area (Å²) in [4.78, 5) is 12.2. The second-order valence-corrected chi connectivity index (χ2v) is 5.25. The molecule has 0 unspecified atom stereocenters. The van der Waals surface area contributed by atoms with Crippen LogP contribution in [0.3, 0.4) is 0 Å². The van der Waals surface area contributed by atoms with Crippen LogP contribution in [0.4, 0.5) is 0 Å². The number of nitrogens with one attached hydrogen (secondary N) is 1. The summed E-state index contributed by atoms with van der Waals surface area (Å²) in [5.74, 6) is 0. The highest BCUT2D eigenvalue weighted by Crippen LogP contribution is 2.16. The van der Waals surface area contributed by atoms with Crippen molar-refractivity contribution >= 4 is 23.4 Å². The van der Waals surface area contributed by atoms with Gasteiger partial charge in [-0.15, -0.1) is 0 Å². The highest BCUT2D eigenvalue weighted by Gasteiger charge is 2.09. The lowest BCUT2D eigenvalue weighted by Gasteiger charge is -2.08. The van der Waals surface area contributed by atoms with Gasteiger partial charge in [0.05, 0.1) is 17.8 Å². The van der Waals surface area contributed by atoms with Crippen molar-refractivity contribution in [3.05, 3.63) is 52.2 Å². The van der Waals surface area contributed by atoms with Crippen LogP contribution in [0, 0.1) is 11.7 Å². The molecule has 0 aliphatic heterocycles. The maximum absolute atomic E-state index is 5.41. The van der Waals surface area contributed by atoms with Crippen LogP contribution < -0.4 is 0 Å². The van der Waals surface area contributed by atoms with Crippen molar-refractivity contribution in [2.45, 2.75) is 26.8 Å². The molecule has 0 aromatic carbocycles. The Morgan fingerprint density at radius 2 is 2.20 bits per heavy atom. The average Bonchev–Trinajstić information content (AvgIpc) is 2.75. The molecule has 0 radical (unpaired) electrons. The van der Waals surface area contributed by atoms with E-state index in [-0.39, 0.29) is 0 Å². The SMILES string of the molecule is CCc1cccnc1Cn1c(=S)[nH]c2cc(C)cnc21. The van der Waals surface area contributed by atoms with E-state index in [0.29, 0.717) is 11.3 Å². The first kappa shape index (κ1) is 13.0. The lowest BCUT2D eigenvalue weighted by atomic mass is 10.1. The average molecular weight is 284 g/mol. The molecule has 102 valence electrons. The second-order valence-electron chi connectivity index (χ2n) is 4.86. The first-order valence-corrected chi connectivity index (χ1v) is 7.08. The number of nitrogens with zero attached hydrogens (tertiary/aromatic N) is 3. The first-order chi connectivity index (χ1) is 9.69. The molecule has 0 saturated carbocycles. The van der Waals surface area contributed by atoms with Gasteiger partial charge in [0.1, 0.15) is 0 Å². The predicted molar refractivity (Wildman–Crippen MR) is 82.4 cm³/mol. The monoisotopic (exact) mass is 284 g/mol. The van der Waals surface area contributed by atoms with Crippen molar-refractivity contribution in [1.29, 1.82) is 0 Å². The lowest BCUT2D eigenvalue weighted by Crippen LogP contribution is -2.05. The standard InChI is InChI=1S/C15H16N4S/c1-3-11-5-4-6-16-13(11)9-19-14-12(18-15(19)20)7-10(2)8-17-14/h4-8H,3,9H2,1-2H3,(H,18,20). The van der Waals surface area contributed by atoms with E-state index in [1.807, 2.05) is 30.0 Å². The van der Waals surface area contributed by atoms with Gasteiger partial charge in [0, 0.05) is 12.4 Å². The fourth-order valence-corrected chi connectivity index (χ4v) is 2.64. The number of imidazole rings is 1. The van der Waals surface area contributed by atoms with E-state index >= 15 is 0 Å². The summed E-state index contributed by atoms with van der Waals surface area (Å²) in [6.45, 7) is 4.81. The molecule has 20 heavy (non-hydrogen) atoms. The van der Waals surface area contributed by atoms with Crippen LogP contribution in [0.5, 0.6) is 0 Å². The molecule has 0 fully saturated rings. The minimum Gasteiger partial charge on any atom is -0.329 e. The van der Waals surface area contributed by atoms with Gasteiger partial charge in [0.2, 0.25) is 0 Å². The van der Waals surface area contributed by atoms with E-state index in [4.69, 9.17) is 12.2 Å². The smallest absolute Gasteiger partial charge is 0.179 e. The fraction of sp³-hybridized carbons (Fsp3) is 0.267. The summed E-state index contributed by atoms with van der Waals surface area (Å²) in [5, 5.41) is 0. The van der Waals surface area contributed by atoms with E-state index in [2.05, 4.69) is 34.0 Å². The zero-order valence-corrected chi connectivity index (χ0v) is 12.4. The number of aryl methyl sites for hydroxylation is 2. The van der Waals surface area contributed by atoms with Crippen LogP contribution in [0.25, 0.3) is 11.2 Å². The number of fused-ring (bicyclic) bond motifs is 1. The van der Waals surface area contributed by atoms with Crippen molar-refractivity contribution in [2.24, 2.45) is 0 Å². The minimum absolute atomic E-state index is 0.652. The number of aromatic nitrogens is 4. The largest absolute Gasteiger partial charge is 0.329 e. The van der Waals surface area contributed by atoms with Crippen LogP contribution in [-0.4, -0.2) is 19.5 Å². The Labute approximate surface area is 122 Å². The summed E-state index contributed by atoms with van der Waals surface area (Å²) in [5.41, 5.74) is 5.27. The van der Waals surface area contributed by atoms with Crippen molar-refractivity contribution in [2.75, 3.05) is 0 Å². The van der Waals surface area contributed by atoms with Gasteiger partial charge in [0.15, 0.2) is 10.4 Å². The van der Waals surface area contributed by atoms with Gasteiger partial charge in [-0.05, 0) is 48.8 Å². The van der Waals surface area contributed by atoms with Gasteiger partial charge in [-0.1, -0.05) is 13.0 Å². The van der Waals surface area contributed by atoms with Crippen molar-refractivity contribution in [3.63, 3.8) is 0 Å². The summed E-state index contributed by atoms with van der Waals surface area (Å²) in [6.07, 6.45) is 4.65. The van der Waals surface area contributed by atoms with Gasteiger partial charge in [-0.3, -0.25) is 9.55 Å². The van der Waals surface area contributed by atoms with Crippen LogP contribution in [0.2, 0.25) is 0 Å². The maximum Gasteiger partial charge on any atom is 0.179 e. The second kappa shape index (κ2) is 5.17. The predicted octanol–water partition coefficient (Wildman–Crippen LogP) is 3.41. The molecule has 1 N–H and O–H groups in total. The summed E-state index contributed by atoms with van der Waals surface area (Å²) < 4.78 is 2.69. The number of rotatable bonds is 3. The van der Waals surface area contributed by atoms with Crippen molar-refractivity contribution < 1.29 is 0 Å². The molecule has 0 aliphatic rings. The number of hydrogen-bond acceptors (Lipinski definition) is 3. The number of H-pyrrole nitrogens is 1. The fourth-order valence-electron chi connectivity index (χ4n) is 2.38. The molecular formula is C15H16N4S. The molecule has 4 nitrogen and oxygen atoms in total. The zero-order valence-electron chi connectivity index (χ0n) is 11.6. The van der Waals surface area contributed by atoms with Gasteiger partial charge in [-0.25, -0.2) is 4.98 Å². The molecule has 0 spiro atoms. The van der Waals surface area contributed by atoms with E-state index in [0.717, 1.165) is 28.8 Å². The molecule has 0 bridgehead atoms. The number of hydrogen-bond donors (Lipinski definition) is 1. The number of aromatic amines is 1. The quantitative estimate of drug-likeness (QED) is 0.750. The van der Waals surface area contributed by atoms with Gasteiger partial charge < -0.3 is 4.98 Å². The third-order valence-electron chi connectivity index (χ3n) is 3.42. The Bertz CT molecular complexity index is 816. The van der Waals surface area contributed by atoms with Crippen LogP contribution >= 0.6 is 12.2 Å². The van der Waals surface area contributed by atoms with E-state index in [1.165, 1.54) is 5.56 Å². The molecule has 5 heteroatoms. The van der Waals surface area contributed by atoms with Gasteiger partial charge >= 0.3 is 0 Å². The summed E-state index contributed by atoms with van der Waals surface area (Å²) in [7, 11) is 0. The summed E-state index contributed by atoms with van der Waals surface area (Å²) in [6, 6.07) is 6.14. The molecule has 3 aromatic heterocycles. The highest BCUT2D eigenvalue weighted by molar-refractivity contribution is 7.71. The van der Waals surface area contributed by atoms with Crippen LogP contribution in [-0.2, 0) is 13.0 Å². The normalized spacial score (nSPS) is 11.1. The Morgan fingerprint density at radius 1 is 1.35 bits per heavy atom. The number of pyridine rings is 2. The zero-order chi connectivity index (χ0) is 14.1. The Balaban J connectivity index is 2.11. The van der Waals surface area contributed by atoms with Gasteiger partial charge in [0.25, 0.3) is 0 Å². The van der Waals surface area contributed by atoms with Crippen LogP contribution in [0.1, 0.15) is 23.7 Å². The Kier molecular flexibility index (Phi) is 3.36. The van der Waals surface area contributed by atoms with Gasteiger partial charge in [-0.2, -0.15) is 0 Å². The minimum atomic E-state index is 0.652. The van der Waals surface area contributed by atoms with E-state index in [9.17, 15) is 0 Å².